The Labute approximate surface area is 168 Å². The molecule has 0 bridgehead atoms. The molecule has 2 fully saturated rings. The summed E-state index contributed by atoms with van der Waals surface area (Å²) in [6, 6.07) is 15.6. The molecule has 0 aliphatic carbocycles. The number of carbonyl (C=O) groups is 2. The average Bonchev–Trinajstić information content (AvgIpc) is 3.31. The molecule has 0 spiro atoms. The van der Waals surface area contributed by atoms with Gasteiger partial charge in [-0.3, -0.25) is 9.69 Å². The third-order valence-corrected chi connectivity index (χ3v) is 5.35. The van der Waals surface area contributed by atoms with Crippen LogP contribution in [-0.2, 0) is 20.8 Å². The van der Waals surface area contributed by atoms with E-state index in [9.17, 15) is 9.59 Å². The second-order valence-electron chi connectivity index (χ2n) is 7.31. The summed E-state index contributed by atoms with van der Waals surface area (Å²) in [5.74, 6) is -0.0521. The van der Waals surface area contributed by atoms with Crippen molar-refractivity contribution in [2.45, 2.75) is 12.6 Å². The van der Waals surface area contributed by atoms with Gasteiger partial charge in [0, 0.05) is 30.3 Å². The fourth-order valence-corrected chi connectivity index (χ4v) is 3.91. The van der Waals surface area contributed by atoms with Gasteiger partial charge in [0.05, 0.1) is 19.7 Å². The number of amides is 2. The van der Waals surface area contributed by atoms with Crippen molar-refractivity contribution in [1.82, 2.24) is 4.57 Å². The topological polar surface area (TPSA) is 64.0 Å². The minimum atomic E-state index is -0.345. The lowest BCUT2D eigenvalue weighted by Gasteiger charge is -2.27. The molecule has 2 aliphatic rings. The molecule has 3 aromatic rings. The van der Waals surface area contributed by atoms with Crippen molar-refractivity contribution >= 4 is 34.1 Å². The van der Waals surface area contributed by atoms with Crippen LogP contribution in [0.1, 0.15) is 0 Å². The Kier molecular flexibility index (Phi) is 4.44. The van der Waals surface area contributed by atoms with E-state index in [-0.39, 0.29) is 24.7 Å². The normalized spacial score (nSPS) is 19.8. The van der Waals surface area contributed by atoms with Gasteiger partial charge in [0.1, 0.15) is 12.7 Å². The van der Waals surface area contributed by atoms with E-state index >= 15 is 0 Å². The number of hydrogen-bond donors (Lipinski definition) is 0. The molecule has 7 nitrogen and oxygen atoms in total. The summed E-state index contributed by atoms with van der Waals surface area (Å²) in [7, 11) is 0. The summed E-state index contributed by atoms with van der Waals surface area (Å²) in [4.78, 5) is 27.7. The van der Waals surface area contributed by atoms with Gasteiger partial charge in [-0.1, -0.05) is 24.3 Å². The van der Waals surface area contributed by atoms with Crippen LogP contribution in [0.25, 0.3) is 10.8 Å². The van der Waals surface area contributed by atoms with Crippen LogP contribution in [0.4, 0.5) is 16.2 Å². The number of fused-ring (bicyclic) bond motifs is 1. The molecule has 2 saturated heterocycles. The monoisotopic (exact) mass is 391 g/mol. The van der Waals surface area contributed by atoms with Crippen molar-refractivity contribution in [1.29, 1.82) is 0 Å². The average molecular weight is 391 g/mol. The number of nitrogens with zero attached hydrogens (tertiary/aromatic N) is 3. The zero-order valence-corrected chi connectivity index (χ0v) is 15.9. The number of rotatable bonds is 4. The Bertz CT molecular complexity index is 1030. The fourth-order valence-electron chi connectivity index (χ4n) is 3.91. The molecule has 2 aromatic carbocycles. The summed E-state index contributed by atoms with van der Waals surface area (Å²) in [5, 5.41) is 2.34. The highest BCUT2D eigenvalue weighted by Crippen LogP contribution is 2.26. The number of morpholine rings is 1. The van der Waals surface area contributed by atoms with Crippen molar-refractivity contribution in [2.24, 2.45) is 0 Å². The van der Waals surface area contributed by atoms with E-state index in [1.807, 2.05) is 36.4 Å². The van der Waals surface area contributed by atoms with E-state index in [2.05, 4.69) is 29.1 Å². The van der Waals surface area contributed by atoms with Crippen LogP contribution in [0.3, 0.4) is 0 Å². The van der Waals surface area contributed by atoms with E-state index < -0.39 is 0 Å². The summed E-state index contributed by atoms with van der Waals surface area (Å²) in [6.45, 7) is 2.27. The Morgan fingerprint density at radius 1 is 0.897 bits per heavy atom. The van der Waals surface area contributed by atoms with Gasteiger partial charge in [-0.25, -0.2) is 4.79 Å². The lowest BCUT2D eigenvalue weighted by atomic mass is 10.2. The first-order valence-corrected chi connectivity index (χ1v) is 9.68. The molecule has 0 saturated carbocycles. The van der Waals surface area contributed by atoms with Gasteiger partial charge in [-0.15, -0.1) is 0 Å². The Morgan fingerprint density at radius 3 is 2.21 bits per heavy atom. The lowest BCUT2D eigenvalue weighted by Crippen LogP contribution is -2.41. The van der Waals surface area contributed by atoms with Crippen molar-refractivity contribution in [2.75, 3.05) is 36.1 Å². The van der Waals surface area contributed by atoms with Crippen molar-refractivity contribution in [3.8, 4) is 0 Å². The molecule has 2 amide bonds. The number of benzene rings is 2. The number of aromatic nitrogens is 1. The first-order chi connectivity index (χ1) is 14.2. The summed E-state index contributed by atoms with van der Waals surface area (Å²) < 4.78 is 12.8. The minimum absolute atomic E-state index is 0.0521. The molecule has 1 atom stereocenters. The number of anilines is 2. The first kappa shape index (κ1) is 17.8. The molecular formula is C22H21N3O4. The van der Waals surface area contributed by atoms with E-state index in [0.29, 0.717) is 26.2 Å². The standard InChI is InChI=1S/C22H21N3O4/c26-21-15-28-10-9-24(21)18-5-7-19(8-6-18)25-14-20(29-22(25)27)13-23-11-16-3-1-2-4-17(16)12-23/h1-8,11-12,20H,9-10,13-15H2/t20-/m0/s1. The molecule has 29 heavy (non-hydrogen) atoms. The second-order valence-corrected chi connectivity index (χ2v) is 7.31. The summed E-state index contributed by atoms with van der Waals surface area (Å²) in [5.41, 5.74) is 1.57. The minimum Gasteiger partial charge on any atom is -0.442 e. The molecule has 5 rings (SSSR count). The maximum absolute atomic E-state index is 12.4. The van der Waals surface area contributed by atoms with Crippen LogP contribution < -0.4 is 9.80 Å². The maximum Gasteiger partial charge on any atom is 0.414 e. The van der Waals surface area contributed by atoms with Crippen LogP contribution in [0, 0.1) is 0 Å². The second kappa shape index (κ2) is 7.25. The van der Waals surface area contributed by atoms with Crippen LogP contribution in [-0.4, -0.2) is 49.0 Å². The highest BCUT2D eigenvalue weighted by Gasteiger charge is 2.32. The van der Waals surface area contributed by atoms with E-state index in [1.165, 1.54) is 10.8 Å². The number of cyclic esters (lactones) is 1. The number of carbonyl (C=O) groups excluding carboxylic acids is 2. The smallest absolute Gasteiger partial charge is 0.414 e. The molecule has 148 valence electrons. The van der Waals surface area contributed by atoms with Gasteiger partial charge < -0.3 is 18.9 Å². The van der Waals surface area contributed by atoms with E-state index in [4.69, 9.17) is 9.47 Å². The molecule has 0 radical (unpaired) electrons. The van der Waals surface area contributed by atoms with Crippen molar-refractivity contribution in [3.63, 3.8) is 0 Å². The van der Waals surface area contributed by atoms with E-state index in [0.717, 1.165) is 11.4 Å². The molecule has 3 heterocycles. The molecule has 0 unspecified atom stereocenters. The first-order valence-electron chi connectivity index (χ1n) is 9.68. The molecule has 7 heteroatoms. The molecule has 1 aromatic heterocycles. The maximum atomic E-state index is 12.4. The highest BCUT2D eigenvalue weighted by molar-refractivity contribution is 5.95. The molecular weight excluding hydrogens is 370 g/mol. The Hall–Kier alpha value is -3.32. The van der Waals surface area contributed by atoms with Crippen LogP contribution >= 0.6 is 0 Å². The van der Waals surface area contributed by atoms with Crippen molar-refractivity contribution < 1.29 is 19.1 Å². The quantitative estimate of drug-likeness (QED) is 0.686. The van der Waals surface area contributed by atoms with Gasteiger partial charge in [0.25, 0.3) is 5.91 Å². The SMILES string of the molecule is O=C1COCCN1c1ccc(N2C[C@H](Cn3cc4ccccc4c3)OC2=O)cc1. The summed E-state index contributed by atoms with van der Waals surface area (Å²) in [6.07, 6.45) is 3.58. The highest BCUT2D eigenvalue weighted by atomic mass is 16.6. The predicted molar refractivity (Wildman–Crippen MR) is 109 cm³/mol. The van der Waals surface area contributed by atoms with Gasteiger partial charge in [0.15, 0.2) is 0 Å². The van der Waals surface area contributed by atoms with E-state index in [1.54, 1.807) is 9.80 Å². The predicted octanol–water partition coefficient (Wildman–Crippen LogP) is 3.03. The van der Waals surface area contributed by atoms with Gasteiger partial charge in [0.2, 0.25) is 0 Å². The third-order valence-electron chi connectivity index (χ3n) is 5.35. The Balaban J connectivity index is 1.28. The number of ether oxygens (including phenoxy) is 2. The van der Waals surface area contributed by atoms with Crippen LogP contribution in [0.15, 0.2) is 60.9 Å². The van der Waals surface area contributed by atoms with Gasteiger partial charge in [-0.2, -0.15) is 0 Å². The number of hydrogen-bond acceptors (Lipinski definition) is 4. The van der Waals surface area contributed by atoms with Gasteiger partial charge >= 0.3 is 6.09 Å². The van der Waals surface area contributed by atoms with Gasteiger partial charge in [-0.05, 0) is 35.0 Å². The third kappa shape index (κ3) is 3.45. The molecule has 2 aliphatic heterocycles. The fraction of sp³-hybridized carbons (Fsp3) is 0.273. The lowest BCUT2D eigenvalue weighted by molar-refractivity contribution is -0.125. The van der Waals surface area contributed by atoms with Crippen molar-refractivity contribution in [3.05, 3.63) is 60.9 Å². The van der Waals surface area contributed by atoms with Crippen LogP contribution in [0.2, 0.25) is 0 Å². The zero-order valence-electron chi connectivity index (χ0n) is 15.9. The zero-order chi connectivity index (χ0) is 19.8. The summed E-state index contributed by atoms with van der Waals surface area (Å²) >= 11 is 0. The molecule has 0 N–H and O–H groups in total. The Morgan fingerprint density at radius 2 is 1.55 bits per heavy atom. The largest absolute Gasteiger partial charge is 0.442 e. The van der Waals surface area contributed by atoms with Crippen LogP contribution in [0.5, 0.6) is 0 Å².